The molecule has 2 aromatic rings. The minimum absolute atomic E-state index is 0.215. The van der Waals surface area contributed by atoms with Crippen molar-refractivity contribution >= 4 is 29.3 Å². The average molecular weight is 326 g/mol. The maximum atomic E-state index is 12.0. The highest BCUT2D eigenvalue weighted by Gasteiger charge is 2.12. The summed E-state index contributed by atoms with van der Waals surface area (Å²) in [5.41, 5.74) is 0.269. The predicted molar refractivity (Wildman–Crippen MR) is 79.7 cm³/mol. The van der Waals surface area contributed by atoms with Gasteiger partial charge < -0.3 is 4.74 Å². The van der Waals surface area contributed by atoms with Crippen molar-refractivity contribution in [2.24, 2.45) is 0 Å². The van der Waals surface area contributed by atoms with Crippen LogP contribution in [0.5, 0.6) is 0 Å². The van der Waals surface area contributed by atoms with Gasteiger partial charge in [-0.05, 0) is 37.4 Å². The van der Waals surface area contributed by atoms with E-state index in [1.54, 1.807) is 37.4 Å². The quantitative estimate of drug-likeness (QED) is 0.633. The number of ether oxygens (including phenoxy) is 1. The van der Waals surface area contributed by atoms with E-state index in [-0.39, 0.29) is 18.0 Å². The summed E-state index contributed by atoms with van der Waals surface area (Å²) >= 11 is 7.00. The van der Waals surface area contributed by atoms with Crippen molar-refractivity contribution in [2.75, 3.05) is 6.26 Å². The van der Waals surface area contributed by atoms with Crippen LogP contribution in [0.2, 0.25) is 5.02 Å². The van der Waals surface area contributed by atoms with Crippen LogP contribution in [0, 0.1) is 6.92 Å². The van der Waals surface area contributed by atoms with Crippen molar-refractivity contribution in [3.8, 4) is 0 Å². The molecule has 21 heavy (non-hydrogen) atoms. The van der Waals surface area contributed by atoms with Crippen molar-refractivity contribution in [3.63, 3.8) is 0 Å². The summed E-state index contributed by atoms with van der Waals surface area (Å²) in [7, 11) is 0. The van der Waals surface area contributed by atoms with Crippen LogP contribution in [0.25, 0.3) is 0 Å². The molecule has 0 radical (unpaired) electrons. The van der Waals surface area contributed by atoms with E-state index in [2.05, 4.69) is 10.2 Å². The fraction of sp³-hybridized carbons (Fsp3) is 0.231. The van der Waals surface area contributed by atoms with Crippen LogP contribution < -0.4 is 5.56 Å². The number of benzene rings is 1. The minimum Gasteiger partial charge on any atom is -0.440 e. The van der Waals surface area contributed by atoms with Gasteiger partial charge in [0.15, 0.2) is 11.9 Å². The Bertz CT molecular complexity index is 716. The van der Waals surface area contributed by atoms with Gasteiger partial charge in [-0.2, -0.15) is 0 Å². The number of carbonyl (C=O) groups excluding carboxylic acids is 1. The van der Waals surface area contributed by atoms with Crippen molar-refractivity contribution in [1.29, 1.82) is 0 Å². The third kappa shape index (κ3) is 3.62. The molecule has 0 atom stereocenters. The smallest absolute Gasteiger partial charge is 0.339 e. The summed E-state index contributed by atoms with van der Waals surface area (Å²) in [6.07, 6.45) is 1.76. The second-order valence-electron chi connectivity index (χ2n) is 4.07. The molecule has 0 amide bonds. The van der Waals surface area contributed by atoms with E-state index >= 15 is 0 Å². The molecule has 0 saturated heterocycles. The molecule has 0 aliphatic rings. The summed E-state index contributed by atoms with van der Waals surface area (Å²) < 4.78 is 6.40. The molecule has 1 aromatic heterocycles. The summed E-state index contributed by atoms with van der Waals surface area (Å²) in [5.74, 6) is -0.542. The summed E-state index contributed by atoms with van der Waals surface area (Å²) in [6, 6.07) is 6.30. The van der Waals surface area contributed by atoms with E-state index < -0.39 is 5.97 Å². The van der Waals surface area contributed by atoms with Crippen LogP contribution >= 0.6 is 23.4 Å². The Morgan fingerprint density at radius 3 is 2.62 bits per heavy atom. The predicted octanol–water partition coefficient (Wildman–Crippen LogP) is 2.14. The Morgan fingerprint density at radius 2 is 2.00 bits per heavy atom. The molecule has 1 aromatic carbocycles. The first-order valence-corrected chi connectivity index (χ1v) is 7.54. The molecule has 0 bridgehead atoms. The van der Waals surface area contributed by atoms with Gasteiger partial charge in [0.1, 0.15) is 5.69 Å². The third-order valence-corrected chi connectivity index (χ3v) is 3.58. The molecular formula is C13H12ClN3O3S. The van der Waals surface area contributed by atoms with Crippen LogP contribution in [0.3, 0.4) is 0 Å². The Labute approximate surface area is 130 Å². The zero-order valence-electron chi connectivity index (χ0n) is 11.4. The van der Waals surface area contributed by atoms with Crippen LogP contribution in [0.1, 0.15) is 16.1 Å². The fourth-order valence-electron chi connectivity index (χ4n) is 1.55. The third-order valence-electron chi connectivity index (χ3n) is 2.66. The number of carbonyl (C=O) groups is 1. The summed E-state index contributed by atoms with van der Waals surface area (Å²) in [6.45, 7) is 1.34. The van der Waals surface area contributed by atoms with Crippen molar-refractivity contribution in [3.05, 3.63) is 50.9 Å². The number of rotatable bonds is 4. The molecular weight excluding hydrogens is 314 g/mol. The van der Waals surface area contributed by atoms with Gasteiger partial charge in [0, 0.05) is 5.02 Å². The number of esters is 1. The molecule has 110 valence electrons. The first kappa shape index (κ1) is 15.5. The van der Waals surface area contributed by atoms with Crippen molar-refractivity contribution in [1.82, 2.24) is 14.8 Å². The van der Waals surface area contributed by atoms with Crippen molar-refractivity contribution < 1.29 is 9.53 Å². The molecule has 0 spiro atoms. The van der Waals surface area contributed by atoms with Gasteiger partial charge in [-0.3, -0.25) is 4.79 Å². The molecule has 0 aliphatic heterocycles. The van der Waals surface area contributed by atoms with E-state index in [0.29, 0.717) is 15.7 Å². The highest BCUT2D eigenvalue weighted by Crippen LogP contribution is 2.12. The van der Waals surface area contributed by atoms with Crippen LogP contribution in [-0.4, -0.2) is 27.0 Å². The molecule has 0 unspecified atom stereocenters. The van der Waals surface area contributed by atoms with Crippen LogP contribution in [0.4, 0.5) is 0 Å². The molecule has 8 heteroatoms. The lowest BCUT2D eigenvalue weighted by Crippen LogP contribution is -2.28. The number of nitrogens with zero attached hydrogens (tertiary/aromatic N) is 3. The summed E-state index contributed by atoms with van der Waals surface area (Å²) in [4.78, 5) is 23.9. The lowest BCUT2D eigenvalue weighted by atomic mass is 10.2. The van der Waals surface area contributed by atoms with E-state index in [1.165, 1.54) is 16.3 Å². The second-order valence-corrected chi connectivity index (χ2v) is 5.28. The van der Waals surface area contributed by atoms with Crippen molar-refractivity contribution in [2.45, 2.75) is 18.8 Å². The lowest BCUT2D eigenvalue weighted by Gasteiger charge is -2.10. The lowest BCUT2D eigenvalue weighted by molar-refractivity contribution is 0.0345. The van der Waals surface area contributed by atoms with Crippen LogP contribution in [-0.2, 0) is 11.5 Å². The Morgan fingerprint density at radius 1 is 1.33 bits per heavy atom. The van der Waals surface area contributed by atoms with Gasteiger partial charge >= 0.3 is 5.97 Å². The first-order valence-electron chi connectivity index (χ1n) is 5.93. The van der Waals surface area contributed by atoms with E-state index in [4.69, 9.17) is 16.3 Å². The molecule has 0 saturated carbocycles. The van der Waals surface area contributed by atoms with E-state index in [9.17, 15) is 9.59 Å². The van der Waals surface area contributed by atoms with E-state index in [0.717, 1.165) is 0 Å². The molecule has 6 nitrogen and oxygen atoms in total. The van der Waals surface area contributed by atoms with Gasteiger partial charge in [-0.1, -0.05) is 23.4 Å². The zero-order valence-corrected chi connectivity index (χ0v) is 12.9. The second kappa shape index (κ2) is 6.73. The first-order chi connectivity index (χ1) is 10.0. The Balaban J connectivity index is 2.16. The number of halogens is 1. The van der Waals surface area contributed by atoms with Crippen LogP contribution in [0.15, 0.2) is 34.2 Å². The fourth-order valence-corrected chi connectivity index (χ4v) is 2.16. The molecule has 0 aliphatic carbocycles. The highest BCUT2D eigenvalue weighted by molar-refractivity contribution is 7.98. The Hall–Kier alpha value is -1.86. The topological polar surface area (TPSA) is 74.1 Å². The largest absolute Gasteiger partial charge is 0.440 e. The highest BCUT2D eigenvalue weighted by atomic mass is 35.5. The SMILES string of the molecule is CSc1nnc(C)c(=O)n1COC(=O)c1ccc(Cl)cc1. The number of aromatic nitrogens is 3. The molecule has 1 heterocycles. The summed E-state index contributed by atoms with van der Waals surface area (Å²) in [5, 5.41) is 8.55. The molecule has 0 fully saturated rings. The molecule has 0 N–H and O–H groups in total. The van der Waals surface area contributed by atoms with E-state index in [1.807, 2.05) is 0 Å². The zero-order chi connectivity index (χ0) is 15.4. The number of hydrogen-bond donors (Lipinski definition) is 0. The molecule has 2 rings (SSSR count). The number of aryl methyl sites for hydroxylation is 1. The maximum Gasteiger partial charge on any atom is 0.339 e. The monoisotopic (exact) mass is 325 g/mol. The van der Waals surface area contributed by atoms with Gasteiger partial charge in [0.05, 0.1) is 5.56 Å². The number of hydrogen-bond acceptors (Lipinski definition) is 6. The number of thioether (sulfide) groups is 1. The average Bonchev–Trinajstić information content (AvgIpc) is 2.49. The normalized spacial score (nSPS) is 10.4. The Kier molecular flexibility index (Phi) is 4.98. The van der Waals surface area contributed by atoms with Gasteiger partial charge in [-0.15, -0.1) is 10.2 Å². The van der Waals surface area contributed by atoms with Gasteiger partial charge in [-0.25, -0.2) is 9.36 Å². The van der Waals surface area contributed by atoms with Gasteiger partial charge in [0.25, 0.3) is 5.56 Å². The minimum atomic E-state index is -0.542. The van der Waals surface area contributed by atoms with Gasteiger partial charge in [0.2, 0.25) is 0 Å². The standard InChI is InChI=1S/C13H12ClN3O3S/c1-8-11(18)17(13(21-2)16-15-8)7-20-12(19)9-3-5-10(14)6-4-9/h3-6H,7H2,1-2H3. The maximum absolute atomic E-state index is 12.0.